The van der Waals surface area contributed by atoms with Crippen molar-refractivity contribution >= 4 is 5.97 Å². The molecule has 8 heteroatoms. The highest BCUT2D eigenvalue weighted by Gasteiger charge is 2.43. The van der Waals surface area contributed by atoms with Crippen LogP contribution in [-0.4, -0.2) is 76.9 Å². The normalized spacial score (nSPS) is 33.7. The molecule has 5 atom stereocenters. The van der Waals surface area contributed by atoms with Crippen molar-refractivity contribution in [3.8, 4) is 0 Å². The van der Waals surface area contributed by atoms with Crippen molar-refractivity contribution < 1.29 is 39.4 Å². The monoisotopic (exact) mass is 292 g/mol. The number of esters is 1. The molecule has 4 N–H and O–H groups in total. The predicted molar refractivity (Wildman–Crippen MR) is 65.5 cm³/mol. The van der Waals surface area contributed by atoms with Gasteiger partial charge in [0, 0.05) is 12.5 Å². The molecule has 0 spiro atoms. The molecular weight excluding hydrogens is 272 g/mol. The Kier molecular flexibility index (Phi) is 7.06. The molecule has 0 aromatic heterocycles. The molecule has 0 amide bonds. The topological polar surface area (TPSA) is 126 Å². The summed E-state index contributed by atoms with van der Waals surface area (Å²) in [4.78, 5) is 10.8. The molecule has 0 aromatic carbocycles. The Morgan fingerprint density at radius 3 is 2.50 bits per heavy atom. The second-order valence-corrected chi connectivity index (χ2v) is 4.29. The molecule has 0 aromatic rings. The Bertz CT molecular complexity index is 319. The summed E-state index contributed by atoms with van der Waals surface area (Å²) in [6.45, 7) is 2.95. The minimum Gasteiger partial charge on any atom is -0.462 e. The minimum absolute atomic E-state index is 0.104. The summed E-state index contributed by atoms with van der Waals surface area (Å²) in [6, 6.07) is 0. The fourth-order valence-electron chi connectivity index (χ4n) is 1.70. The summed E-state index contributed by atoms with van der Waals surface area (Å²) < 4.78 is 15.0. The molecule has 0 saturated carbocycles. The van der Waals surface area contributed by atoms with E-state index in [1.54, 1.807) is 0 Å². The summed E-state index contributed by atoms with van der Waals surface area (Å²) in [5.41, 5.74) is 0. The molecule has 20 heavy (non-hydrogen) atoms. The number of carbonyl (C=O) groups is 1. The van der Waals surface area contributed by atoms with Crippen LogP contribution >= 0.6 is 0 Å². The van der Waals surface area contributed by atoms with E-state index in [0.29, 0.717) is 6.42 Å². The first kappa shape index (κ1) is 17.0. The zero-order valence-electron chi connectivity index (χ0n) is 10.9. The van der Waals surface area contributed by atoms with Crippen LogP contribution in [0.25, 0.3) is 0 Å². The van der Waals surface area contributed by atoms with Gasteiger partial charge in [-0.1, -0.05) is 6.58 Å². The maximum atomic E-state index is 10.8. The van der Waals surface area contributed by atoms with E-state index in [-0.39, 0.29) is 13.2 Å². The lowest BCUT2D eigenvalue weighted by Gasteiger charge is -2.39. The Hall–Kier alpha value is -1.03. The molecular formula is C12H20O8. The zero-order valence-corrected chi connectivity index (χ0v) is 10.9. The van der Waals surface area contributed by atoms with Gasteiger partial charge in [0.15, 0.2) is 6.29 Å². The molecule has 0 bridgehead atoms. The van der Waals surface area contributed by atoms with Crippen molar-refractivity contribution in [3.63, 3.8) is 0 Å². The second-order valence-electron chi connectivity index (χ2n) is 4.29. The molecule has 1 aliphatic rings. The number of rotatable bonds is 7. The van der Waals surface area contributed by atoms with Gasteiger partial charge in [-0.3, -0.25) is 0 Å². The highest BCUT2D eigenvalue weighted by atomic mass is 16.7. The van der Waals surface area contributed by atoms with Crippen LogP contribution in [0.4, 0.5) is 0 Å². The number of ether oxygens (including phenoxy) is 3. The average molecular weight is 292 g/mol. The predicted octanol–water partition coefficient (Wildman–Crippen LogP) is -2.08. The molecule has 1 saturated heterocycles. The fraction of sp³-hybridized carbons (Fsp3) is 0.750. The van der Waals surface area contributed by atoms with Crippen LogP contribution in [-0.2, 0) is 19.0 Å². The molecule has 116 valence electrons. The third-order valence-electron chi connectivity index (χ3n) is 2.83. The summed E-state index contributed by atoms with van der Waals surface area (Å²) in [5, 5.41) is 37.7. The lowest BCUT2D eigenvalue weighted by Crippen LogP contribution is -2.59. The maximum Gasteiger partial charge on any atom is 0.330 e. The number of carbonyl (C=O) groups excluding carboxylic acids is 1. The van der Waals surface area contributed by atoms with Gasteiger partial charge in [-0.2, -0.15) is 0 Å². The van der Waals surface area contributed by atoms with Gasteiger partial charge in [-0.15, -0.1) is 0 Å². The molecule has 8 nitrogen and oxygen atoms in total. The first-order valence-electron chi connectivity index (χ1n) is 6.22. The average Bonchev–Trinajstić information content (AvgIpc) is 2.46. The van der Waals surface area contributed by atoms with Gasteiger partial charge in [-0.05, 0) is 0 Å². The maximum absolute atomic E-state index is 10.8. The summed E-state index contributed by atoms with van der Waals surface area (Å²) in [7, 11) is 0. The Morgan fingerprint density at radius 2 is 1.90 bits per heavy atom. The fourth-order valence-corrected chi connectivity index (χ4v) is 1.70. The van der Waals surface area contributed by atoms with Crippen molar-refractivity contribution in [1.82, 2.24) is 0 Å². The Morgan fingerprint density at radius 1 is 1.20 bits per heavy atom. The van der Waals surface area contributed by atoms with Crippen LogP contribution in [0.5, 0.6) is 0 Å². The van der Waals surface area contributed by atoms with E-state index in [4.69, 9.17) is 19.3 Å². The number of hydrogen-bond acceptors (Lipinski definition) is 8. The van der Waals surface area contributed by atoms with Gasteiger partial charge >= 0.3 is 5.97 Å². The van der Waals surface area contributed by atoms with Crippen LogP contribution in [0.2, 0.25) is 0 Å². The lowest BCUT2D eigenvalue weighted by atomic mass is 9.99. The molecule has 1 fully saturated rings. The first-order chi connectivity index (χ1) is 9.51. The molecule has 1 heterocycles. The van der Waals surface area contributed by atoms with Gasteiger partial charge in [0.1, 0.15) is 24.4 Å². The number of hydrogen-bond donors (Lipinski definition) is 4. The third-order valence-corrected chi connectivity index (χ3v) is 2.83. The van der Waals surface area contributed by atoms with Crippen molar-refractivity contribution in [2.24, 2.45) is 0 Å². The van der Waals surface area contributed by atoms with E-state index in [1.807, 2.05) is 0 Å². The van der Waals surface area contributed by atoms with E-state index in [2.05, 4.69) is 6.58 Å². The van der Waals surface area contributed by atoms with Gasteiger partial charge in [-0.25, -0.2) is 4.79 Å². The van der Waals surface area contributed by atoms with Crippen molar-refractivity contribution in [2.75, 3.05) is 19.8 Å². The Balaban J connectivity index is 2.31. The smallest absolute Gasteiger partial charge is 0.330 e. The van der Waals surface area contributed by atoms with Crippen molar-refractivity contribution in [2.45, 2.75) is 37.1 Å². The van der Waals surface area contributed by atoms with E-state index in [0.717, 1.165) is 6.08 Å². The SMILES string of the molecule is C=CC(=O)OCCCOC1O[C@H](CO)[C@H](O)[C@H](O)[C@H]1O. The molecule has 1 unspecified atom stereocenters. The van der Waals surface area contributed by atoms with Crippen molar-refractivity contribution in [1.29, 1.82) is 0 Å². The van der Waals surface area contributed by atoms with E-state index in [1.165, 1.54) is 0 Å². The van der Waals surface area contributed by atoms with Crippen LogP contribution in [0.1, 0.15) is 6.42 Å². The quantitative estimate of drug-likeness (QED) is 0.239. The number of aliphatic hydroxyl groups excluding tert-OH is 4. The second kappa shape index (κ2) is 8.30. The summed E-state index contributed by atoms with van der Waals surface area (Å²) in [6.07, 6.45) is -5.08. The molecule has 1 rings (SSSR count). The zero-order chi connectivity index (χ0) is 15.1. The Labute approximate surface area is 116 Å². The molecule has 0 aliphatic carbocycles. The van der Waals surface area contributed by atoms with E-state index in [9.17, 15) is 20.1 Å². The van der Waals surface area contributed by atoms with Gasteiger partial charge in [0.2, 0.25) is 0 Å². The standard InChI is InChI=1S/C12H20O8/c1-2-8(14)18-4-3-5-19-12-11(17)10(16)9(15)7(6-13)20-12/h2,7,9-13,15-17H,1,3-6H2/t7-,9+,10+,11-,12?/m1/s1. The highest BCUT2D eigenvalue weighted by molar-refractivity contribution is 5.81. The van der Waals surface area contributed by atoms with Crippen LogP contribution in [0.15, 0.2) is 12.7 Å². The summed E-state index contributed by atoms with van der Waals surface area (Å²) in [5.74, 6) is -0.544. The summed E-state index contributed by atoms with van der Waals surface area (Å²) >= 11 is 0. The van der Waals surface area contributed by atoms with Gasteiger partial charge < -0.3 is 34.6 Å². The van der Waals surface area contributed by atoms with E-state index < -0.39 is 43.3 Å². The number of aliphatic hydroxyl groups is 4. The van der Waals surface area contributed by atoms with Crippen molar-refractivity contribution in [3.05, 3.63) is 12.7 Å². The largest absolute Gasteiger partial charge is 0.462 e. The first-order valence-corrected chi connectivity index (χ1v) is 6.22. The van der Waals surface area contributed by atoms with Gasteiger partial charge in [0.25, 0.3) is 0 Å². The van der Waals surface area contributed by atoms with Crippen LogP contribution < -0.4 is 0 Å². The molecule has 0 radical (unpaired) electrons. The van der Waals surface area contributed by atoms with Gasteiger partial charge in [0.05, 0.1) is 19.8 Å². The lowest BCUT2D eigenvalue weighted by molar-refractivity contribution is -0.301. The minimum atomic E-state index is -1.47. The third kappa shape index (κ3) is 4.51. The van der Waals surface area contributed by atoms with E-state index >= 15 is 0 Å². The highest BCUT2D eigenvalue weighted by Crippen LogP contribution is 2.21. The molecule has 1 aliphatic heterocycles. The van der Waals surface area contributed by atoms with Crippen LogP contribution in [0.3, 0.4) is 0 Å². The van der Waals surface area contributed by atoms with Crippen LogP contribution in [0, 0.1) is 0 Å².